The van der Waals surface area contributed by atoms with Gasteiger partial charge in [0.25, 0.3) is 5.91 Å². The largest absolute Gasteiger partial charge is 0.360 e. The van der Waals surface area contributed by atoms with E-state index in [0.717, 1.165) is 19.5 Å². The minimum Gasteiger partial charge on any atom is -0.360 e. The van der Waals surface area contributed by atoms with Gasteiger partial charge in [-0.3, -0.25) is 4.79 Å². The van der Waals surface area contributed by atoms with Crippen LogP contribution in [0.4, 0.5) is 0 Å². The Morgan fingerprint density at radius 1 is 1.40 bits per heavy atom. The van der Waals surface area contributed by atoms with Gasteiger partial charge in [0.2, 0.25) is 0 Å². The fourth-order valence-electron chi connectivity index (χ4n) is 3.18. The van der Waals surface area contributed by atoms with Gasteiger partial charge in [0.1, 0.15) is 17.0 Å². The zero-order valence-corrected chi connectivity index (χ0v) is 15.6. The molecule has 1 aromatic carbocycles. The third-order valence-electron chi connectivity index (χ3n) is 4.53. The molecule has 1 aliphatic heterocycles. The molecule has 25 heavy (non-hydrogen) atoms. The van der Waals surface area contributed by atoms with Crippen LogP contribution in [-0.2, 0) is 0 Å². The molecule has 2 aromatic rings. The quantitative estimate of drug-likeness (QED) is 0.818. The summed E-state index contributed by atoms with van der Waals surface area (Å²) in [5, 5.41) is 11.2. The van der Waals surface area contributed by atoms with E-state index >= 15 is 0 Å². The van der Waals surface area contributed by atoms with E-state index in [1.807, 2.05) is 0 Å². The Morgan fingerprint density at radius 3 is 2.84 bits per heavy atom. The lowest BCUT2D eigenvalue weighted by Gasteiger charge is -2.22. The number of carbonyl (C=O) groups excluding carboxylic acids is 1. The van der Waals surface area contributed by atoms with Gasteiger partial charge >= 0.3 is 0 Å². The summed E-state index contributed by atoms with van der Waals surface area (Å²) in [6.07, 6.45) is 3.35. The van der Waals surface area contributed by atoms with Gasteiger partial charge in [-0.2, -0.15) is 0 Å². The highest BCUT2D eigenvalue weighted by atomic mass is 35.5. The molecule has 1 aromatic heterocycles. The first kappa shape index (κ1) is 18.2. The van der Waals surface area contributed by atoms with Gasteiger partial charge in [0.05, 0.1) is 10.0 Å². The van der Waals surface area contributed by atoms with Crippen LogP contribution in [0.2, 0.25) is 10.0 Å². The number of aryl methyl sites for hydroxylation is 1. The molecule has 1 amide bonds. The smallest absolute Gasteiger partial charge is 0.257 e. The van der Waals surface area contributed by atoms with Crippen molar-refractivity contribution in [3.05, 3.63) is 39.6 Å². The lowest BCUT2D eigenvalue weighted by atomic mass is 9.96. The topological polar surface area (TPSA) is 67.2 Å². The third kappa shape index (κ3) is 4.17. The second-order valence-corrected chi connectivity index (χ2v) is 7.13. The standard InChI is InChI=1S/C18H21Cl2N3O2/c1-11-15(18(24)22-9-7-12-4-3-8-21-10-12)17(23-25-11)16-13(19)5-2-6-14(16)20/h2,5-6,12,21H,3-4,7-10H2,1H3,(H,22,24). The average molecular weight is 382 g/mol. The number of hydrogen-bond acceptors (Lipinski definition) is 4. The van der Waals surface area contributed by atoms with Crippen molar-refractivity contribution in [1.29, 1.82) is 0 Å². The normalized spacial score (nSPS) is 17.5. The predicted molar refractivity (Wildman–Crippen MR) is 99.2 cm³/mol. The van der Waals surface area contributed by atoms with Crippen molar-refractivity contribution in [2.24, 2.45) is 5.92 Å². The molecule has 5 nitrogen and oxygen atoms in total. The molecule has 1 atom stereocenters. The summed E-state index contributed by atoms with van der Waals surface area (Å²) in [5.41, 5.74) is 1.28. The number of nitrogens with one attached hydrogen (secondary N) is 2. The first-order valence-corrected chi connectivity index (χ1v) is 9.23. The van der Waals surface area contributed by atoms with E-state index in [0.29, 0.717) is 45.1 Å². The van der Waals surface area contributed by atoms with Crippen LogP contribution in [0, 0.1) is 12.8 Å². The number of piperidine rings is 1. The fourth-order valence-corrected chi connectivity index (χ4v) is 3.76. The molecule has 1 fully saturated rings. The van der Waals surface area contributed by atoms with Crippen molar-refractivity contribution < 1.29 is 9.32 Å². The van der Waals surface area contributed by atoms with Crippen molar-refractivity contribution >= 4 is 29.1 Å². The molecule has 1 saturated heterocycles. The van der Waals surface area contributed by atoms with Crippen molar-refractivity contribution in [1.82, 2.24) is 15.8 Å². The van der Waals surface area contributed by atoms with Crippen LogP contribution >= 0.6 is 23.2 Å². The number of nitrogens with zero attached hydrogens (tertiary/aromatic N) is 1. The number of carbonyl (C=O) groups is 1. The van der Waals surface area contributed by atoms with Gasteiger partial charge in [-0.1, -0.05) is 34.4 Å². The van der Waals surface area contributed by atoms with E-state index in [1.54, 1.807) is 25.1 Å². The molecule has 1 unspecified atom stereocenters. The summed E-state index contributed by atoms with van der Waals surface area (Å²) < 4.78 is 5.24. The molecule has 0 saturated carbocycles. The lowest BCUT2D eigenvalue weighted by Crippen LogP contribution is -2.33. The Morgan fingerprint density at radius 2 is 2.16 bits per heavy atom. The maximum Gasteiger partial charge on any atom is 0.257 e. The molecular formula is C18H21Cl2N3O2. The fraction of sp³-hybridized carbons (Fsp3) is 0.444. The van der Waals surface area contributed by atoms with E-state index in [4.69, 9.17) is 27.7 Å². The summed E-state index contributed by atoms with van der Waals surface area (Å²) in [6, 6.07) is 5.17. The van der Waals surface area contributed by atoms with Gasteiger partial charge in [-0.15, -0.1) is 0 Å². The van der Waals surface area contributed by atoms with Crippen LogP contribution in [-0.4, -0.2) is 30.7 Å². The van der Waals surface area contributed by atoms with Crippen LogP contribution in [0.15, 0.2) is 22.7 Å². The second kappa shape index (κ2) is 8.21. The summed E-state index contributed by atoms with van der Waals surface area (Å²) in [7, 11) is 0. The van der Waals surface area contributed by atoms with Crippen LogP contribution in [0.3, 0.4) is 0 Å². The molecule has 0 bridgehead atoms. The molecule has 1 aliphatic rings. The highest BCUT2D eigenvalue weighted by molar-refractivity contribution is 6.39. The summed E-state index contributed by atoms with van der Waals surface area (Å²) >= 11 is 12.5. The Labute approximate surface area is 157 Å². The molecule has 0 spiro atoms. The van der Waals surface area contributed by atoms with Crippen LogP contribution in [0.25, 0.3) is 11.3 Å². The highest BCUT2D eigenvalue weighted by Gasteiger charge is 2.24. The van der Waals surface area contributed by atoms with Gasteiger partial charge in [-0.05, 0) is 57.3 Å². The Kier molecular flexibility index (Phi) is 5.99. The molecule has 7 heteroatoms. The zero-order valence-electron chi connectivity index (χ0n) is 14.1. The Hall–Kier alpha value is -1.56. The maximum absolute atomic E-state index is 12.7. The number of benzene rings is 1. The monoisotopic (exact) mass is 381 g/mol. The Bertz CT molecular complexity index is 735. The number of aromatic nitrogens is 1. The maximum atomic E-state index is 12.7. The van der Waals surface area contributed by atoms with Gasteiger partial charge in [0, 0.05) is 12.1 Å². The number of amides is 1. The van der Waals surface area contributed by atoms with E-state index in [2.05, 4.69) is 15.8 Å². The molecule has 0 radical (unpaired) electrons. The predicted octanol–water partition coefficient (Wildman–Crippen LogP) is 4.08. The molecule has 0 aliphatic carbocycles. The summed E-state index contributed by atoms with van der Waals surface area (Å²) in [6.45, 7) is 4.43. The van der Waals surface area contributed by atoms with E-state index in [1.165, 1.54) is 12.8 Å². The number of rotatable bonds is 5. The first-order chi connectivity index (χ1) is 12.1. The van der Waals surface area contributed by atoms with Crippen molar-refractivity contribution in [2.45, 2.75) is 26.2 Å². The van der Waals surface area contributed by atoms with E-state index < -0.39 is 0 Å². The summed E-state index contributed by atoms with van der Waals surface area (Å²) in [4.78, 5) is 12.7. The molecule has 2 heterocycles. The average Bonchev–Trinajstić information content (AvgIpc) is 2.97. The minimum absolute atomic E-state index is 0.214. The molecule has 3 rings (SSSR count). The van der Waals surface area contributed by atoms with E-state index in [-0.39, 0.29) is 5.91 Å². The Balaban J connectivity index is 1.73. The van der Waals surface area contributed by atoms with Crippen molar-refractivity contribution in [2.75, 3.05) is 19.6 Å². The van der Waals surface area contributed by atoms with Crippen molar-refractivity contribution in [3.8, 4) is 11.3 Å². The summed E-state index contributed by atoms with van der Waals surface area (Å²) in [5.74, 6) is 0.839. The van der Waals surface area contributed by atoms with Crippen LogP contribution < -0.4 is 10.6 Å². The van der Waals surface area contributed by atoms with E-state index in [9.17, 15) is 4.79 Å². The first-order valence-electron chi connectivity index (χ1n) is 8.47. The van der Waals surface area contributed by atoms with Crippen LogP contribution in [0.1, 0.15) is 35.4 Å². The van der Waals surface area contributed by atoms with Crippen LogP contribution in [0.5, 0.6) is 0 Å². The number of halogens is 2. The van der Waals surface area contributed by atoms with Gasteiger partial charge < -0.3 is 15.2 Å². The van der Waals surface area contributed by atoms with Gasteiger partial charge in [0.15, 0.2) is 0 Å². The van der Waals surface area contributed by atoms with Gasteiger partial charge in [-0.25, -0.2) is 0 Å². The highest BCUT2D eigenvalue weighted by Crippen LogP contribution is 2.36. The molecular weight excluding hydrogens is 361 g/mol. The number of hydrogen-bond donors (Lipinski definition) is 2. The second-order valence-electron chi connectivity index (χ2n) is 6.32. The zero-order chi connectivity index (χ0) is 17.8. The SMILES string of the molecule is Cc1onc(-c2c(Cl)cccc2Cl)c1C(=O)NCCC1CCCNC1. The minimum atomic E-state index is -0.214. The molecule has 2 N–H and O–H groups in total. The lowest BCUT2D eigenvalue weighted by molar-refractivity contribution is 0.0949. The molecule has 134 valence electrons. The third-order valence-corrected chi connectivity index (χ3v) is 5.16. The van der Waals surface area contributed by atoms with Crippen molar-refractivity contribution in [3.63, 3.8) is 0 Å².